The Morgan fingerprint density at radius 3 is 1.10 bits per heavy atom. The Kier molecular flexibility index (Phi) is 49.7. The summed E-state index contributed by atoms with van der Waals surface area (Å²) >= 11 is 0. The zero-order valence-electron chi connectivity index (χ0n) is 42.3. The molecule has 1 unspecified atom stereocenters. The van der Waals surface area contributed by atoms with Gasteiger partial charge in [-0.15, -0.1) is 0 Å². The summed E-state index contributed by atoms with van der Waals surface area (Å²) in [4.78, 5) is 38.0. The van der Waals surface area contributed by atoms with Gasteiger partial charge in [0.1, 0.15) is 13.2 Å². The molecule has 0 rings (SSSR count). The number of ether oxygens (including phenoxy) is 3. The summed E-state index contributed by atoms with van der Waals surface area (Å²) in [5.41, 5.74) is 0. The van der Waals surface area contributed by atoms with E-state index in [1.54, 1.807) is 0 Å². The summed E-state index contributed by atoms with van der Waals surface area (Å²) in [7, 11) is 0. The fourth-order valence-electron chi connectivity index (χ4n) is 6.35. The van der Waals surface area contributed by atoms with E-state index in [0.717, 1.165) is 116 Å². The third kappa shape index (κ3) is 51.9. The van der Waals surface area contributed by atoms with Gasteiger partial charge in [-0.25, -0.2) is 0 Å². The summed E-state index contributed by atoms with van der Waals surface area (Å²) < 4.78 is 16.7. The molecule has 0 amide bonds. The summed E-state index contributed by atoms with van der Waals surface area (Å²) in [5, 5.41) is 0. The summed E-state index contributed by atoms with van der Waals surface area (Å²) in [6.45, 7) is 6.23. The third-order valence-corrected chi connectivity index (χ3v) is 10.2. The molecule has 0 aliphatic heterocycles. The van der Waals surface area contributed by atoms with Gasteiger partial charge in [-0.05, 0) is 103 Å². The Morgan fingerprint density at radius 2 is 0.657 bits per heavy atom. The molecule has 0 aromatic rings. The molecule has 0 aromatic carbocycles. The van der Waals surface area contributed by atoms with Gasteiger partial charge in [0.05, 0.1) is 0 Å². The molecule has 0 aliphatic carbocycles. The van der Waals surface area contributed by atoms with Gasteiger partial charge in [0.2, 0.25) is 0 Å². The van der Waals surface area contributed by atoms with Gasteiger partial charge in [0.25, 0.3) is 0 Å². The maximum absolute atomic E-state index is 12.8. The Balaban J connectivity index is 4.61. The van der Waals surface area contributed by atoms with Crippen LogP contribution in [0.4, 0.5) is 0 Å². The van der Waals surface area contributed by atoms with Crippen LogP contribution < -0.4 is 0 Å². The van der Waals surface area contributed by atoms with Crippen LogP contribution in [0, 0.1) is 0 Å². The second-order valence-corrected chi connectivity index (χ2v) is 16.5. The zero-order chi connectivity index (χ0) is 48.6. The van der Waals surface area contributed by atoms with Crippen molar-refractivity contribution in [3.8, 4) is 0 Å². The Morgan fingerprint density at radius 1 is 0.328 bits per heavy atom. The maximum atomic E-state index is 12.8. The SMILES string of the molecule is CC\C=C/C=C\C=C/C=C\C=C/CCCCCC(=O)OCC(COC(=O)CCCCCCC\C=C/C=C\C=C/C=C\CCCCC)OC(=O)CCCCC/C=C\C/C=C\C/C=C\C/C=C\CC. The largest absolute Gasteiger partial charge is 0.462 e. The number of unbranched alkanes of at least 4 members (excludes halogenated alkanes) is 14. The van der Waals surface area contributed by atoms with Gasteiger partial charge in [-0.2, -0.15) is 0 Å². The second kappa shape index (κ2) is 53.6. The number of allylic oxidation sites excluding steroid dienone is 26. The average molecular weight is 921 g/mol. The first kappa shape index (κ1) is 62.0. The standard InChI is InChI=1S/C61H92O6/c1-4-7-10-13-16-19-22-25-28-30-31-34-36-39-42-45-48-51-54-60(63)66-57-58(56-65-59(62)53-50-47-44-41-38-35-32-27-24-21-18-15-12-9-6-3)67-61(64)55-52-49-46-43-40-37-33-29-26-23-20-17-14-11-8-5-2/h8-9,11-12,15-22,24-32,34-35,37-38,40,58H,4-7,10,13-14,23,33,36,39,41-57H2,1-3H3/b11-8-,12-9-,18-15-,19-16-,20-17-,24-21-,25-22-,29-26-,30-28-,32-27-,34-31-,38-35-,40-37-. The van der Waals surface area contributed by atoms with Crippen LogP contribution in [0.25, 0.3) is 0 Å². The number of carbonyl (C=O) groups is 3. The van der Waals surface area contributed by atoms with Crippen LogP contribution in [0.3, 0.4) is 0 Å². The van der Waals surface area contributed by atoms with E-state index in [0.29, 0.717) is 19.3 Å². The van der Waals surface area contributed by atoms with Crippen molar-refractivity contribution < 1.29 is 28.6 Å². The minimum atomic E-state index is -0.831. The fraction of sp³-hybridized carbons (Fsp3) is 0.525. The number of rotatable bonds is 44. The van der Waals surface area contributed by atoms with E-state index < -0.39 is 6.10 Å². The highest BCUT2D eigenvalue weighted by Gasteiger charge is 2.19. The number of carbonyl (C=O) groups excluding carboxylic acids is 3. The molecule has 0 aromatic heterocycles. The molecule has 6 heteroatoms. The van der Waals surface area contributed by atoms with E-state index in [-0.39, 0.29) is 44.0 Å². The van der Waals surface area contributed by atoms with Crippen molar-refractivity contribution >= 4 is 17.9 Å². The molecular weight excluding hydrogens is 829 g/mol. The van der Waals surface area contributed by atoms with Crippen molar-refractivity contribution in [3.63, 3.8) is 0 Å². The first-order chi connectivity index (χ1) is 33.0. The van der Waals surface area contributed by atoms with Crippen LogP contribution in [0.5, 0.6) is 0 Å². The van der Waals surface area contributed by atoms with Gasteiger partial charge in [0, 0.05) is 19.3 Å². The molecule has 1 atom stereocenters. The van der Waals surface area contributed by atoms with Gasteiger partial charge in [0.15, 0.2) is 6.10 Å². The predicted octanol–water partition coefficient (Wildman–Crippen LogP) is 17.4. The molecular formula is C61H92O6. The Labute approximate surface area is 409 Å². The minimum absolute atomic E-state index is 0.125. The number of hydrogen-bond donors (Lipinski definition) is 0. The van der Waals surface area contributed by atoms with Crippen molar-refractivity contribution in [1.29, 1.82) is 0 Å². The molecule has 372 valence electrons. The van der Waals surface area contributed by atoms with Crippen LogP contribution in [-0.2, 0) is 28.6 Å². The van der Waals surface area contributed by atoms with Crippen molar-refractivity contribution in [3.05, 3.63) is 158 Å². The van der Waals surface area contributed by atoms with E-state index in [1.807, 2.05) is 48.6 Å². The fourth-order valence-corrected chi connectivity index (χ4v) is 6.35. The topological polar surface area (TPSA) is 78.9 Å². The van der Waals surface area contributed by atoms with Crippen molar-refractivity contribution in [2.75, 3.05) is 13.2 Å². The van der Waals surface area contributed by atoms with E-state index >= 15 is 0 Å². The molecule has 0 spiro atoms. The van der Waals surface area contributed by atoms with Crippen molar-refractivity contribution in [2.24, 2.45) is 0 Å². The number of esters is 3. The lowest BCUT2D eigenvalue weighted by molar-refractivity contribution is -0.167. The highest BCUT2D eigenvalue weighted by atomic mass is 16.6. The third-order valence-electron chi connectivity index (χ3n) is 10.2. The molecule has 0 saturated carbocycles. The lowest BCUT2D eigenvalue weighted by atomic mass is 10.1. The second-order valence-electron chi connectivity index (χ2n) is 16.5. The summed E-state index contributed by atoms with van der Waals surface area (Å²) in [6, 6.07) is 0. The van der Waals surface area contributed by atoms with Crippen LogP contribution in [0.1, 0.15) is 188 Å². The first-order valence-corrected chi connectivity index (χ1v) is 26.1. The van der Waals surface area contributed by atoms with E-state index in [4.69, 9.17) is 14.2 Å². The van der Waals surface area contributed by atoms with Gasteiger partial charge in [-0.3, -0.25) is 14.4 Å². The van der Waals surface area contributed by atoms with E-state index in [9.17, 15) is 14.4 Å². The maximum Gasteiger partial charge on any atom is 0.306 e. The van der Waals surface area contributed by atoms with Crippen LogP contribution in [0.2, 0.25) is 0 Å². The average Bonchev–Trinajstić information content (AvgIpc) is 3.33. The first-order valence-electron chi connectivity index (χ1n) is 26.1. The van der Waals surface area contributed by atoms with E-state index in [1.165, 1.54) is 19.3 Å². The predicted molar refractivity (Wildman–Crippen MR) is 288 cm³/mol. The zero-order valence-corrected chi connectivity index (χ0v) is 42.3. The Hall–Kier alpha value is -4.97. The molecule has 0 heterocycles. The van der Waals surface area contributed by atoms with Crippen LogP contribution in [0.15, 0.2) is 158 Å². The molecule has 0 radical (unpaired) electrons. The van der Waals surface area contributed by atoms with Crippen molar-refractivity contribution in [2.45, 2.75) is 194 Å². The monoisotopic (exact) mass is 921 g/mol. The molecule has 67 heavy (non-hydrogen) atoms. The molecule has 0 fully saturated rings. The quantitative estimate of drug-likeness (QED) is 0.0199. The molecule has 0 saturated heterocycles. The minimum Gasteiger partial charge on any atom is -0.462 e. The normalized spacial score (nSPS) is 13.4. The highest BCUT2D eigenvalue weighted by Crippen LogP contribution is 2.12. The van der Waals surface area contributed by atoms with Crippen molar-refractivity contribution in [1.82, 2.24) is 0 Å². The highest BCUT2D eigenvalue weighted by molar-refractivity contribution is 5.71. The van der Waals surface area contributed by atoms with Gasteiger partial charge in [-0.1, -0.05) is 224 Å². The van der Waals surface area contributed by atoms with Gasteiger partial charge >= 0.3 is 17.9 Å². The molecule has 0 aliphatic rings. The lowest BCUT2D eigenvalue weighted by Crippen LogP contribution is -2.30. The molecule has 0 N–H and O–H groups in total. The molecule has 6 nitrogen and oxygen atoms in total. The lowest BCUT2D eigenvalue weighted by Gasteiger charge is -2.18. The number of hydrogen-bond acceptors (Lipinski definition) is 6. The molecule has 0 bridgehead atoms. The smallest absolute Gasteiger partial charge is 0.306 e. The summed E-state index contributed by atoms with van der Waals surface area (Å²) in [6.07, 6.45) is 77.9. The van der Waals surface area contributed by atoms with E-state index in [2.05, 4.69) is 130 Å². The Bertz CT molecular complexity index is 1570. The van der Waals surface area contributed by atoms with Crippen LogP contribution in [-0.4, -0.2) is 37.2 Å². The van der Waals surface area contributed by atoms with Crippen LogP contribution >= 0.6 is 0 Å². The summed E-state index contributed by atoms with van der Waals surface area (Å²) in [5.74, 6) is -1.03. The van der Waals surface area contributed by atoms with Gasteiger partial charge < -0.3 is 14.2 Å².